The number of anilines is 1. The summed E-state index contributed by atoms with van der Waals surface area (Å²) in [5, 5.41) is 9.16. The van der Waals surface area contributed by atoms with E-state index in [-0.39, 0.29) is 18.4 Å². The molecule has 1 aromatic carbocycles. The van der Waals surface area contributed by atoms with E-state index in [1.165, 1.54) is 0 Å². The number of hydrogen-bond acceptors (Lipinski definition) is 2. The SMILES string of the molecule is CCc1cccc(C)c1N(CC(C)C(=O)O)C(=O)C(C)C. The first-order chi connectivity index (χ1) is 9.79. The van der Waals surface area contributed by atoms with E-state index < -0.39 is 11.9 Å². The topological polar surface area (TPSA) is 57.6 Å². The number of carboxylic acids is 1. The van der Waals surface area contributed by atoms with Crippen molar-refractivity contribution in [3.8, 4) is 0 Å². The molecule has 1 N–H and O–H groups in total. The summed E-state index contributed by atoms with van der Waals surface area (Å²) in [5.74, 6) is -1.69. The van der Waals surface area contributed by atoms with Crippen LogP contribution < -0.4 is 4.90 Å². The van der Waals surface area contributed by atoms with Gasteiger partial charge in [-0.2, -0.15) is 0 Å². The lowest BCUT2D eigenvalue weighted by molar-refractivity contribution is -0.140. The van der Waals surface area contributed by atoms with Crippen molar-refractivity contribution in [3.05, 3.63) is 29.3 Å². The molecule has 0 fully saturated rings. The number of carbonyl (C=O) groups excluding carboxylic acids is 1. The van der Waals surface area contributed by atoms with Crippen molar-refractivity contribution in [2.24, 2.45) is 11.8 Å². The van der Waals surface area contributed by atoms with Gasteiger partial charge >= 0.3 is 5.97 Å². The minimum absolute atomic E-state index is 0.0351. The lowest BCUT2D eigenvalue weighted by Crippen LogP contribution is -2.40. The van der Waals surface area contributed by atoms with Crippen LogP contribution in [0.2, 0.25) is 0 Å². The molecule has 0 spiro atoms. The monoisotopic (exact) mass is 291 g/mol. The Bertz CT molecular complexity index is 523. The molecule has 21 heavy (non-hydrogen) atoms. The number of carboxylic acid groups (broad SMARTS) is 1. The highest BCUT2D eigenvalue weighted by atomic mass is 16.4. The number of aliphatic carboxylic acids is 1. The normalized spacial score (nSPS) is 12.3. The molecular formula is C17H25NO3. The van der Waals surface area contributed by atoms with Crippen LogP contribution in [0.25, 0.3) is 0 Å². The zero-order valence-corrected chi connectivity index (χ0v) is 13.5. The first-order valence-corrected chi connectivity index (χ1v) is 7.42. The van der Waals surface area contributed by atoms with Crippen molar-refractivity contribution in [1.29, 1.82) is 0 Å². The molecule has 1 rings (SSSR count). The number of amides is 1. The quantitative estimate of drug-likeness (QED) is 0.875. The number of nitrogens with zero attached hydrogens (tertiary/aromatic N) is 1. The largest absolute Gasteiger partial charge is 0.481 e. The van der Waals surface area contributed by atoms with Crippen LogP contribution in [0.5, 0.6) is 0 Å². The third-order valence-corrected chi connectivity index (χ3v) is 3.61. The highest BCUT2D eigenvalue weighted by molar-refractivity contribution is 5.96. The second kappa shape index (κ2) is 7.25. The molecule has 0 aliphatic carbocycles. The first kappa shape index (κ1) is 17.2. The van der Waals surface area contributed by atoms with Gasteiger partial charge in [0.2, 0.25) is 5.91 Å². The van der Waals surface area contributed by atoms with Gasteiger partial charge in [-0.25, -0.2) is 0 Å². The van der Waals surface area contributed by atoms with Gasteiger partial charge in [-0.1, -0.05) is 45.9 Å². The summed E-state index contributed by atoms with van der Waals surface area (Å²) in [6.45, 7) is 9.50. The summed E-state index contributed by atoms with van der Waals surface area (Å²) in [4.78, 5) is 25.4. The first-order valence-electron chi connectivity index (χ1n) is 7.42. The molecule has 116 valence electrons. The van der Waals surface area contributed by atoms with Crippen LogP contribution >= 0.6 is 0 Å². The van der Waals surface area contributed by atoms with Crippen LogP contribution in [0.3, 0.4) is 0 Å². The van der Waals surface area contributed by atoms with Crippen molar-refractivity contribution in [1.82, 2.24) is 0 Å². The summed E-state index contributed by atoms with van der Waals surface area (Å²) < 4.78 is 0. The van der Waals surface area contributed by atoms with Crippen molar-refractivity contribution in [2.45, 2.75) is 41.0 Å². The van der Waals surface area contributed by atoms with Gasteiger partial charge < -0.3 is 10.0 Å². The number of benzene rings is 1. The Morgan fingerprint density at radius 3 is 2.33 bits per heavy atom. The molecule has 1 aromatic rings. The smallest absolute Gasteiger partial charge is 0.308 e. The van der Waals surface area contributed by atoms with Crippen LogP contribution in [-0.2, 0) is 16.0 Å². The molecule has 1 unspecified atom stereocenters. The van der Waals surface area contributed by atoms with Crippen molar-refractivity contribution in [3.63, 3.8) is 0 Å². The molecule has 4 nitrogen and oxygen atoms in total. The highest BCUT2D eigenvalue weighted by Crippen LogP contribution is 2.28. The number of rotatable bonds is 6. The molecule has 0 aliphatic rings. The molecule has 0 heterocycles. The van der Waals surface area contributed by atoms with E-state index in [2.05, 4.69) is 0 Å². The van der Waals surface area contributed by atoms with E-state index in [0.29, 0.717) is 0 Å². The third kappa shape index (κ3) is 4.06. The van der Waals surface area contributed by atoms with Crippen LogP contribution in [0, 0.1) is 18.8 Å². The average Bonchev–Trinajstić information content (AvgIpc) is 2.43. The molecule has 0 saturated heterocycles. The van der Waals surface area contributed by atoms with Crippen LogP contribution in [-0.4, -0.2) is 23.5 Å². The molecular weight excluding hydrogens is 266 g/mol. The standard InChI is InChI=1S/C17H25NO3/c1-6-14-9-7-8-12(4)15(14)18(16(19)11(2)3)10-13(5)17(20)21/h7-9,11,13H,6,10H2,1-5H3,(H,20,21). The Kier molecular flexibility index (Phi) is 5.94. The number of para-hydroxylation sites is 1. The number of hydrogen-bond donors (Lipinski definition) is 1. The van der Waals surface area contributed by atoms with E-state index in [1.807, 2.05) is 45.9 Å². The minimum atomic E-state index is -0.886. The fourth-order valence-corrected chi connectivity index (χ4v) is 2.35. The van der Waals surface area contributed by atoms with Crippen LogP contribution in [0.1, 0.15) is 38.8 Å². The molecule has 0 aliphatic heterocycles. The van der Waals surface area contributed by atoms with E-state index in [1.54, 1.807) is 11.8 Å². The summed E-state index contributed by atoms with van der Waals surface area (Å²) in [6, 6.07) is 5.92. The molecule has 0 bridgehead atoms. The van der Waals surface area contributed by atoms with Gasteiger partial charge in [0, 0.05) is 18.2 Å². The zero-order chi connectivity index (χ0) is 16.2. The minimum Gasteiger partial charge on any atom is -0.481 e. The number of carbonyl (C=O) groups is 2. The summed E-state index contributed by atoms with van der Waals surface area (Å²) in [6.07, 6.45) is 0.806. The van der Waals surface area contributed by atoms with Gasteiger partial charge in [-0.3, -0.25) is 9.59 Å². The van der Waals surface area contributed by atoms with Crippen molar-refractivity contribution >= 4 is 17.6 Å². The predicted octanol–water partition coefficient (Wildman–Crippen LogP) is 3.27. The summed E-state index contributed by atoms with van der Waals surface area (Å²) >= 11 is 0. The van der Waals surface area contributed by atoms with Crippen molar-refractivity contribution < 1.29 is 14.7 Å². The third-order valence-electron chi connectivity index (χ3n) is 3.61. The Morgan fingerprint density at radius 2 is 1.86 bits per heavy atom. The van der Waals surface area contributed by atoms with Gasteiger partial charge in [0.05, 0.1) is 5.92 Å². The second-order valence-corrected chi connectivity index (χ2v) is 5.78. The summed E-state index contributed by atoms with van der Waals surface area (Å²) in [7, 11) is 0. The van der Waals surface area contributed by atoms with Gasteiger partial charge in [0.1, 0.15) is 0 Å². The molecule has 4 heteroatoms. The Hall–Kier alpha value is -1.84. The Morgan fingerprint density at radius 1 is 1.24 bits per heavy atom. The van der Waals surface area contributed by atoms with Gasteiger partial charge in [-0.15, -0.1) is 0 Å². The fraction of sp³-hybridized carbons (Fsp3) is 0.529. The molecule has 1 amide bonds. The zero-order valence-electron chi connectivity index (χ0n) is 13.5. The van der Waals surface area contributed by atoms with E-state index >= 15 is 0 Å². The highest BCUT2D eigenvalue weighted by Gasteiger charge is 2.26. The average molecular weight is 291 g/mol. The lowest BCUT2D eigenvalue weighted by atomic mass is 10.0. The van der Waals surface area contributed by atoms with E-state index in [0.717, 1.165) is 23.2 Å². The molecule has 0 radical (unpaired) electrons. The fourth-order valence-electron chi connectivity index (χ4n) is 2.35. The Labute approximate surface area is 126 Å². The maximum Gasteiger partial charge on any atom is 0.308 e. The maximum absolute atomic E-state index is 12.6. The number of aryl methyl sites for hydroxylation is 2. The van der Waals surface area contributed by atoms with Crippen molar-refractivity contribution in [2.75, 3.05) is 11.4 Å². The van der Waals surface area contributed by atoms with Gasteiger partial charge in [0.25, 0.3) is 0 Å². The Balaban J connectivity index is 3.30. The maximum atomic E-state index is 12.6. The van der Waals surface area contributed by atoms with E-state index in [4.69, 9.17) is 5.11 Å². The van der Waals surface area contributed by atoms with Gasteiger partial charge in [0.15, 0.2) is 0 Å². The van der Waals surface area contributed by atoms with Crippen LogP contribution in [0.15, 0.2) is 18.2 Å². The van der Waals surface area contributed by atoms with E-state index in [9.17, 15) is 9.59 Å². The molecule has 0 aromatic heterocycles. The predicted molar refractivity (Wildman–Crippen MR) is 84.5 cm³/mol. The van der Waals surface area contributed by atoms with Gasteiger partial charge in [-0.05, 0) is 24.5 Å². The van der Waals surface area contributed by atoms with Crippen LogP contribution in [0.4, 0.5) is 5.69 Å². The lowest BCUT2D eigenvalue weighted by Gasteiger charge is -2.29. The molecule has 1 atom stereocenters. The second-order valence-electron chi connectivity index (χ2n) is 5.78. The summed E-state index contributed by atoms with van der Waals surface area (Å²) in [5.41, 5.74) is 2.94. The molecule has 0 saturated carbocycles.